The molecule has 10 N–H and O–H groups in total. The summed E-state index contributed by atoms with van der Waals surface area (Å²) in [5.41, 5.74) is 16.1. The molecular formula is C15H28N6O6. The number of carboxylic acids is 2. The molecule has 0 aromatic rings. The highest BCUT2D eigenvalue weighted by Gasteiger charge is 2.30. The Hall–Kier alpha value is -2.89. The van der Waals surface area contributed by atoms with E-state index in [9.17, 15) is 19.2 Å². The molecular weight excluding hydrogens is 360 g/mol. The molecule has 0 aromatic heterocycles. The van der Waals surface area contributed by atoms with Crippen molar-refractivity contribution in [1.82, 2.24) is 10.6 Å². The maximum absolute atomic E-state index is 12.3. The zero-order valence-electron chi connectivity index (χ0n) is 15.3. The van der Waals surface area contributed by atoms with E-state index in [0.717, 1.165) is 0 Å². The summed E-state index contributed by atoms with van der Waals surface area (Å²) < 4.78 is 0. The van der Waals surface area contributed by atoms with Gasteiger partial charge in [-0.05, 0) is 18.8 Å². The van der Waals surface area contributed by atoms with E-state index >= 15 is 0 Å². The van der Waals surface area contributed by atoms with Crippen LogP contribution in [-0.2, 0) is 19.2 Å². The fourth-order valence-electron chi connectivity index (χ4n) is 2.08. The van der Waals surface area contributed by atoms with Gasteiger partial charge in [-0.1, -0.05) is 13.8 Å². The number of guanidine groups is 1. The molecule has 0 saturated carbocycles. The number of amides is 2. The summed E-state index contributed by atoms with van der Waals surface area (Å²) in [6.45, 7) is 3.42. The lowest BCUT2D eigenvalue weighted by atomic mass is 10.0. The number of aliphatic imine (C=N–C) groups is 1. The van der Waals surface area contributed by atoms with Gasteiger partial charge in [0, 0.05) is 6.54 Å². The largest absolute Gasteiger partial charge is 0.481 e. The van der Waals surface area contributed by atoms with Crippen LogP contribution in [0.1, 0.15) is 33.1 Å². The Morgan fingerprint density at radius 3 is 2.07 bits per heavy atom. The van der Waals surface area contributed by atoms with Crippen LogP contribution >= 0.6 is 0 Å². The average molecular weight is 388 g/mol. The summed E-state index contributed by atoms with van der Waals surface area (Å²) in [7, 11) is 0. The van der Waals surface area contributed by atoms with Gasteiger partial charge in [0.1, 0.15) is 12.1 Å². The number of hydrogen-bond acceptors (Lipinski definition) is 6. The van der Waals surface area contributed by atoms with Crippen molar-refractivity contribution in [2.45, 2.75) is 51.2 Å². The molecule has 0 heterocycles. The van der Waals surface area contributed by atoms with Crippen molar-refractivity contribution in [3.8, 4) is 0 Å². The van der Waals surface area contributed by atoms with Gasteiger partial charge in [0.25, 0.3) is 0 Å². The van der Waals surface area contributed by atoms with Crippen molar-refractivity contribution >= 4 is 29.7 Å². The summed E-state index contributed by atoms with van der Waals surface area (Å²) >= 11 is 0. The van der Waals surface area contributed by atoms with E-state index in [1.54, 1.807) is 13.8 Å². The van der Waals surface area contributed by atoms with Crippen LogP contribution in [-0.4, -0.2) is 64.6 Å². The molecule has 12 heteroatoms. The van der Waals surface area contributed by atoms with Crippen molar-refractivity contribution in [2.75, 3.05) is 6.54 Å². The maximum atomic E-state index is 12.3. The smallest absolute Gasteiger partial charge is 0.326 e. The quantitative estimate of drug-likeness (QED) is 0.107. The summed E-state index contributed by atoms with van der Waals surface area (Å²) in [5.74, 6) is -4.80. The molecule has 0 unspecified atom stereocenters. The molecule has 3 atom stereocenters. The molecule has 27 heavy (non-hydrogen) atoms. The third-order valence-corrected chi connectivity index (χ3v) is 3.55. The number of aliphatic carboxylic acids is 2. The lowest BCUT2D eigenvalue weighted by molar-refractivity contribution is -0.144. The van der Waals surface area contributed by atoms with E-state index in [4.69, 9.17) is 27.4 Å². The van der Waals surface area contributed by atoms with E-state index in [-0.39, 0.29) is 18.9 Å². The minimum Gasteiger partial charge on any atom is -0.481 e. The first-order valence-corrected chi connectivity index (χ1v) is 8.32. The lowest BCUT2D eigenvalue weighted by Gasteiger charge is -2.23. The third kappa shape index (κ3) is 9.99. The van der Waals surface area contributed by atoms with Gasteiger partial charge in [0.2, 0.25) is 11.8 Å². The molecule has 0 radical (unpaired) electrons. The molecule has 0 bridgehead atoms. The maximum Gasteiger partial charge on any atom is 0.326 e. The number of nitrogens with two attached hydrogens (primary N) is 3. The Morgan fingerprint density at radius 2 is 1.63 bits per heavy atom. The monoisotopic (exact) mass is 388 g/mol. The molecule has 12 nitrogen and oxygen atoms in total. The van der Waals surface area contributed by atoms with E-state index < -0.39 is 54.2 Å². The molecule has 0 aromatic carbocycles. The van der Waals surface area contributed by atoms with Crippen molar-refractivity contribution in [2.24, 2.45) is 28.1 Å². The molecule has 0 aliphatic rings. The van der Waals surface area contributed by atoms with E-state index in [2.05, 4.69) is 15.6 Å². The van der Waals surface area contributed by atoms with Crippen molar-refractivity contribution in [3.63, 3.8) is 0 Å². The topological polar surface area (TPSA) is 223 Å². The Morgan fingerprint density at radius 1 is 1.04 bits per heavy atom. The Bertz CT molecular complexity index is 575. The minimum absolute atomic E-state index is 0.0932. The van der Waals surface area contributed by atoms with Gasteiger partial charge in [-0.2, -0.15) is 0 Å². The van der Waals surface area contributed by atoms with E-state index in [1.807, 2.05) is 0 Å². The highest BCUT2D eigenvalue weighted by atomic mass is 16.4. The fourth-order valence-corrected chi connectivity index (χ4v) is 2.08. The van der Waals surface area contributed by atoms with E-state index in [0.29, 0.717) is 6.42 Å². The normalized spacial score (nSPS) is 13.9. The third-order valence-electron chi connectivity index (χ3n) is 3.55. The van der Waals surface area contributed by atoms with Crippen LogP contribution in [0, 0.1) is 5.92 Å². The van der Waals surface area contributed by atoms with Gasteiger partial charge in [-0.3, -0.25) is 19.4 Å². The molecule has 0 fully saturated rings. The van der Waals surface area contributed by atoms with Gasteiger partial charge in [0.15, 0.2) is 5.96 Å². The average Bonchev–Trinajstić information content (AvgIpc) is 2.54. The van der Waals surface area contributed by atoms with Gasteiger partial charge in [0.05, 0.1) is 12.5 Å². The number of nitrogens with zero attached hydrogens (tertiary/aromatic N) is 1. The first-order chi connectivity index (χ1) is 12.5. The summed E-state index contributed by atoms with van der Waals surface area (Å²) in [6, 6.07) is -3.69. The van der Waals surface area contributed by atoms with Crippen LogP contribution in [0.4, 0.5) is 0 Å². The molecule has 0 rings (SSSR count). The van der Waals surface area contributed by atoms with Crippen LogP contribution in [0.2, 0.25) is 0 Å². The number of carbonyl (C=O) groups excluding carboxylic acids is 2. The van der Waals surface area contributed by atoms with Crippen LogP contribution in [0.5, 0.6) is 0 Å². The van der Waals surface area contributed by atoms with Gasteiger partial charge >= 0.3 is 11.9 Å². The summed E-state index contributed by atoms with van der Waals surface area (Å²) in [6.07, 6.45) is -0.118. The second-order valence-corrected chi connectivity index (χ2v) is 6.28. The van der Waals surface area contributed by atoms with Gasteiger partial charge < -0.3 is 38.0 Å². The zero-order chi connectivity index (χ0) is 21.1. The predicted octanol–water partition coefficient (Wildman–Crippen LogP) is -2.45. The van der Waals surface area contributed by atoms with Crippen LogP contribution in [0.25, 0.3) is 0 Å². The minimum atomic E-state index is -1.46. The van der Waals surface area contributed by atoms with Crippen LogP contribution in [0.3, 0.4) is 0 Å². The molecule has 2 amide bonds. The number of nitrogens with one attached hydrogen (secondary N) is 2. The van der Waals surface area contributed by atoms with Crippen LogP contribution in [0.15, 0.2) is 4.99 Å². The Kier molecular flexibility index (Phi) is 10.4. The number of carbonyl (C=O) groups is 4. The number of hydrogen-bond donors (Lipinski definition) is 7. The molecule has 0 saturated heterocycles. The Labute approximate surface area is 156 Å². The zero-order valence-corrected chi connectivity index (χ0v) is 15.3. The van der Waals surface area contributed by atoms with Crippen molar-refractivity contribution in [1.29, 1.82) is 0 Å². The highest BCUT2D eigenvalue weighted by Crippen LogP contribution is 2.04. The van der Waals surface area contributed by atoms with Crippen molar-refractivity contribution in [3.05, 3.63) is 0 Å². The summed E-state index contributed by atoms with van der Waals surface area (Å²) in [5, 5.41) is 22.5. The SMILES string of the molecule is CC(C)[C@H](NC(=O)[C@H](CC(=O)O)NC(=O)[C@@H](N)CCCN=C(N)N)C(=O)O. The van der Waals surface area contributed by atoms with Gasteiger partial charge in [-0.25, -0.2) is 4.79 Å². The Balaban J connectivity index is 4.91. The lowest BCUT2D eigenvalue weighted by Crippen LogP contribution is -2.56. The molecule has 0 aliphatic carbocycles. The summed E-state index contributed by atoms with van der Waals surface area (Å²) in [4.78, 5) is 50.3. The first-order valence-electron chi connectivity index (χ1n) is 8.32. The van der Waals surface area contributed by atoms with Crippen LogP contribution < -0.4 is 27.8 Å². The standard InChI is InChI=1S/C15H28N6O6/c1-7(2)11(14(26)27)21-13(25)9(6-10(22)23)20-12(24)8(16)4-3-5-19-15(17)18/h7-9,11H,3-6,16H2,1-2H3,(H,20,24)(H,21,25)(H,22,23)(H,26,27)(H4,17,18,19)/t8-,9-,11-/m0/s1. The van der Waals surface area contributed by atoms with Crippen molar-refractivity contribution < 1.29 is 29.4 Å². The van der Waals surface area contributed by atoms with E-state index in [1.165, 1.54) is 0 Å². The number of rotatable bonds is 12. The predicted molar refractivity (Wildman–Crippen MR) is 96.5 cm³/mol. The second-order valence-electron chi connectivity index (χ2n) is 6.28. The number of carboxylic acid groups (broad SMARTS) is 2. The first kappa shape index (κ1) is 24.1. The molecule has 0 aliphatic heterocycles. The van der Waals surface area contributed by atoms with Gasteiger partial charge in [-0.15, -0.1) is 0 Å². The second kappa shape index (κ2) is 11.7. The highest BCUT2D eigenvalue weighted by molar-refractivity contribution is 5.93. The molecule has 0 spiro atoms. The molecule has 154 valence electrons. The fraction of sp³-hybridized carbons (Fsp3) is 0.667.